The second kappa shape index (κ2) is 6.26. The molecule has 0 saturated heterocycles. The number of hydrogen-bond acceptors (Lipinski definition) is 4. The van der Waals surface area contributed by atoms with E-state index in [-0.39, 0.29) is 29.1 Å². The number of phenolic OH excluding ortho intramolecular Hbond substituents is 1. The summed E-state index contributed by atoms with van der Waals surface area (Å²) < 4.78 is 0. The van der Waals surface area contributed by atoms with Crippen LogP contribution in [0.3, 0.4) is 0 Å². The van der Waals surface area contributed by atoms with Crippen LogP contribution in [0.1, 0.15) is 23.0 Å². The Bertz CT molecular complexity index is 626. The maximum absolute atomic E-state index is 12.3. The molecule has 0 fully saturated rings. The molecule has 2 N–H and O–H groups in total. The summed E-state index contributed by atoms with van der Waals surface area (Å²) in [5, 5.41) is 19.0. The highest BCUT2D eigenvalue weighted by Gasteiger charge is 2.21. The molecule has 5 heteroatoms. The van der Waals surface area contributed by atoms with E-state index in [1.165, 1.54) is 12.3 Å². The predicted molar refractivity (Wildman–Crippen MR) is 79.3 cm³/mol. The Hall–Kier alpha value is -2.56. The lowest BCUT2D eigenvalue weighted by molar-refractivity contribution is 0.0734. The Balaban J connectivity index is 2.08. The molecule has 110 valence electrons. The highest BCUT2D eigenvalue weighted by molar-refractivity contribution is 5.94. The van der Waals surface area contributed by atoms with Crippen molar-refractivity contribution in [2.45, 2.75) is 19.4 Å². The van der Waals surface area contributed by atoms with Gasteiger partial charge in [0.2, 0.25) is 0 Å². The predicted octanol–water partition coefficient (Wildman–Crippen LogP) is 2.20. The first-order valence-electron chi connectivity index (χ1n) is 6.68. The van der Waals surface area contributed by atoms with E-state index >= 15 is 0 Å². The molecule has 2 aromatic rings. The molecule has 0 spiro atoms. The summed E-state index contributed by atoms with van der Waals surface area (Å²) in [4.78, 5) is 17.8. The molecule has 1 aromatic heterocycles. The second-order valence-electron chi connectivity index (χ2n) is 5.01. The zero-order chi connectivity index (χ0) is 15.4. The average Bonchev–Trinajstić information content (AvgIpc) is 2.48. The number of carbonyl (C=O) groups excluding carboxylic acids is 1. The summed E-state index contributed by atoms with van der Waals surface area (Å²) in [5.74, 6) is -0.222. The van der Waals surface area contributed by atoms with Gasteiger partial charge in [0.15, 0.2) is 5.69 Å². The van der Waals surface area contributed by atoms with Crippen molar-refractivity contribution in [3.8, 4) is 11.5 Å². The molecule has 1 amide bonds. The molecule has 2 rings (SSSR count). The van der Waals surface area contributed by atoms with E-state index in [0.717, 1.165) is 5.56 Å². The SMILES string of the molecule is CC(Cc1ccc(O)cc1)N(C)C(=O)c1ncccc1O. The van der Waals surface area contributed by atoms with Gasteiger partial charge in [0.05, 0.1) is 0 Å². The van der Waals surface area contributed by atoms with Gasteiger partial charge in [-0.15, -0.1) is 0 Å². The van der Waals surface area contributed by atoms with Gasteiger partial charge in [0.1, 0.15) is 11.5 Å². The van der Waals surface area contributed by atoms with Gasteiger partial charge in [0.25, 0.3) is 5.91 Å². The number of nitrogens with zero attached hydrogens (tertiary/aromatic N) is 2. The van der Waals surface area contributed by atoms with Gasteiger partial charge in [-0.25, -0.2) is 4.98 Å². The molecular weight excluding hydrogens is 268 g/mol. The van der Waals surface area contributed by atoms with Crippen LogP contribution in [0.5, 0.6) is 11.5 Å². The van der Waals surface area contributed by atoms with Crippen molar-refractivity contribution in [1.82, 2.24) is 9.88 Å². The van der Waals surface area contributed by atoms with Gasteiger partial charge in [-0.2, -0.15) is 0 Å². The lowest BCUT2D eigenvalue weighted by atomic mass is 10.1. The van der Waals surface area contributed by atoms with Crippen LogP contribution in [0.25, 0.3) is 0 Å². The highest BCUT2D eigenvalue weighted by Crippen LogP contribution is 2.18. The number of rotatable bonds is 4. The fourth-order valence-corrected chi connectivity index (χ4v) is 2.04. The van der Waals surface area contributed by atoms with Crippen LogP contribution in [0.4, 0.5) is 0 Å². The van der Waals surface area contributed by atoms with Crippen LogP contribution in [-0.4, -0.2) is 39.1 Å². The zero-order valence-electron chi connectivity index (χ0n) is 12.0. The largest absolute Gasteiger partial charge is 0.508 e. The topological polar surface area (TPSA) is 73.7 Å². The van der Waals surface area contributed by atoms with Gasteiger partial charge < -0.3 is 15.1 Å². The maximum atomic E-state index is 12.3. The van der Waals surface area contributed by atoms with Crippen LogP contribution in [0.15, 0.2) is 42.6 Å². The fraction of sp³-hybridized carbons (Fsp3) is 0.250. The first-order chi connectivity index (χ1) is 9.99. The van der Waals surface area contributed by atoms with Gasteiger partial charge in [0, 0.05) is 19.3 Å². The quantitative estimate of drug-likeness (QED) is 0.903. The summed E-state index contributed by atoms with van der Waals surface area (Å²) in [5.41, 5.74) is 1.07. The number of hydrogen-bond donors (Lipinski definition) is 2. The molecule has 0 aliphatic carbocycles. The standard InChI is InChI=1S/C16H18N2O3/c1-11(10-12-5-7-13(19)8-6-12)18(2)16(21)15-14(20)4-3-9-17-15/h3-9,11,19-20H,10H2,1-2H3. The Morgan fingerprint density at radius 3 is 2.52 bits per heavy atom. The van der Waals surface area contributed by atoms with Crippen molar-refractivity contribution in [2.75, 3.05) is 7.05 Å². The summed E-state index contributed by atoms with van der Waals surface area (Å²) >= 11 is 0. The third-order valence-electron chi connectivity index (χ3n) is 3.44. The summed E-state index contributed by atoms with van der Waals surface area (Å²) in [6.07, 6.45) is 2.13. The summed E-state index contributed by atoms with van der Waals surface area (Å²) in [7, 11) is 1.68. The van der Waals surface area contributed by atoms with Crippen LogP contribution in [0, 0.1) is 0 Å². The van der Waals surface area contributed by atoms with Gasteiger partial charge >= 0.3 is 0 Å². The number of phenols is 1. The minimum absolute atomic E-state index is 0.0533. The zero-order valence-corrected chi connectivity index (χ0v) is 12.0. The Labute approximate surface area is 123 Å². The molecule has 0 aliphatic rings. The molecule has 0 radical (unpaired) electrons. The minimum atomic E-state index is -0.320. The van der Waals surface area contributed by atoms with E-state index in [2.05, 4.69) is 4.98 Å². The lowest BCUT2D eigenvalue weighted by Gasteiger charge is -2.25. The second-order valence-corrected chi connectivity index (χ2v) is 5.01. The van der Waals surface area contributed by atoms with Crippen LogP contribution >= 0.6 is 0 Å². The van der Waals surface area contributed by atoms with Crippen LogP contribution in [0.2, 0.25) is 0 Å². The van der Waals surface area contributed by atoms with Gasteiger partial charge in [-0.05, 0) is 43.2 Å². The first kappa shape index (κ1) is 14.8. The molecule has 5 nitrogen and oxygen atoms in total. The summed E-state index contributed by atoms with van der Waals surface area (Å²) in [6, 6.07) is 9.83. The molecule has 0 saturated carbocycles. The number of amides is 1. The molecule has 1 heterocycles. The van der Waals surface area contributed by atoms with E-state index in [0.29, 0.717) is 6.42 Å². The van der Waals surface area contributed by atoms with Crippen molar-refractivity contribution in [3.63, 3.8) is 0 Å². The number of aromatic nitrogens is 1. The molecule has 21 heavy (non-hydrogen) atoms. The molecule has 1 unspecified atom stereocenters. The number of benzene rings is 1. The van der Waals surface area contributed by atoms with Crippen molar-refractivity contribution in [3.05, 3.63) is 53.9 Å². The highest BCUT2D eigenvalue weighted by atomic mass is 16.3. The monoisotopic (exact) mass is 286 g/mol. The normalized spacial score (nSPS) is 11.9. The molecule has 1 atom stereocenters. The average molecular weight is 286 g/mol. The van der Waals surface area contributed by atoms with Crippen LogP contribution in [-0.2, 0) is 6.42 Å². The molecule has 0 aliphatic heterocycles. The molecular formula is C16H18N2O3. The van der Waals surface area contributed by atoms with Crippen molar-refractivity contribution >= 4 is 5.91 Å². The lowest BCUT2D eigenvalue weighted by Crippen LogP contribution is -2.36. The van der Waals surface area contributed by atoms with E-state index in [1.807, 2.05) is 19.1 Å². The van der Waals surface area contributed by atoms with E-state index < -0.39 is 0 Å². The van der Waals surface area contributed by atoms with Gasteiger partial charge in [-0.3, -0.25) is 4.79 Å². The molecule has 1 aromatic carbocycles. The number of pyridine rings is 1. The van der Waals surface area contributed by atoms with E-state index in [9.17, 15) is 15.0 Å². The Morgan fingerprint density at radius 1 is 1.24 bits per heavy atom. The van der Waals surface area contributed by atoms with Crippen molar-refractivity contribution < 1.29 is 15.0 Å². The van der Waals surface area contributed by atoms with Crippen molar-refractivity contribution in [1.29, 1.82) is 0 Å². The van der Waals surface area contributed by atoms with Crippen LogP contribution < -0.4 is 0 Å². The Morgan fingerprint density at radius 2 is 1.90 bits per heavy atom. The first-order valence-corrected chi connectivity index (χ1v) is 6.68. The number of aromatic hydroxyl groups is 2. The van der Waals surface area contributed by atoms with Crippen molar-refractivity contribution in [2.24, 2.45) is 0 Å². The third-order valence-corrected chi connectivity index (χ3v) is 3.44. The van der Waals surface area contributed by atoms with E-state index in [4.69, 9.17) is 0 Å². The fourth-order valence-electron chi connectivity index (χ4n) is 2.04. The maximum Gasteiger partial charge on any atom is 0.276 e. The number of carbonyl (C=O) groups is 1. The number of likely N-dealkylation sites (N-methyl/N-ethyl adjacent to an activating group) is 1. The third kappa shape index (κ3) is 3.51. The Kier molecular flexibility index (Phi) is 4.42. The van der Waals surface area contributed by atoms with Gasteiger partial charge in [-0.1, -0.05) is 12.1 Å². The summed E-state index contributed by atoms with van der Waals surface area (Å²) in [6.45, 7) is 1.92. The smallest absolute Gasteiger partial charge is 0.276 e. The minimum Gasteiger partial charge on any atom is -0.508 e. The molecule has 0 bridgehead atoms. The van der Waals surface area contributed by atoms with E-state index in [1.54, 1.807) is 30.1 Å².